The fraction of sp³-hybridized carbons (Fsp3) is 0.312. The Bertz CT molecular complexity index is 768. The van der Waals surface area contributed by atoms with E-state index in [2.05, 4.69) is 15.3 Å². The van der Waals surface area contributed by atoms with Crippen molar-refractivity contribution in [3.8, 4) is 0 Å². The zero-order chi connectivity index (χ0) is 16.6. The molecule has 2 aromatic rings. The second-order valence-corrected chi connectivity index (χ2v) is 5.77. The van der Waals surface area contributed by atoms with E-state index in [4.69, 9.17) is 11.6 Å². The molecule has 1 amide bonds. The number of nitrogens with zero attached hydrogens (tertiary/aromatic N) is 3. The van der Waals surface area contributed by atoms with E-state index < -0.39 is 6.67 Å². The number of nitrogens with one attached hydrogen (secondary N) is 1. The molecular formula is C16H16ClFN4O. The predicted molar refractivity (Wildman–Crippen MR) is 86.9 cm³/mol. The molecule has 1 N–H and O–H groups in total. The molecule has 2 heterocycles. The molecule has 1 atom stereocenters. The molecule has 0 spiro atoms. The lowest BCUT2D eigenvalue weighted by atomic mass is 10.0. The van der Waals surface area contributed by atoms with E-state index in [1.807, 2.05) is 26.0 Å². The number of alkyl halides is 1. The second-order valence-electron chi connectivity index (χ2n) is 5.43. The van der Waals surface area contributed by atoms with Crippen molar-refractivity contribution in [2.24, 2.45) is 0 Å². The fourth-order valence-electron chi connectivity index (χ4n) is 2.81. The summed E-state index contributed by atoms with van der Waals surface area (Å²) < 4.78 is 12.7. The standard InChI is InChI=1S/C16H16ClFN4O/c1-9-8-19-16(17)21-14(9)20-12-5-3-4-11-10(2)22(7-6-18)15(23)13(11)12/h3-5,8,10H,6-7H2,1-2H3,(H,19,20,21). The lowest BCUT2D eigenvalue weighted by Gasteiger charge is -2.20. The first-order chi connectivity index (χ1) is 11.0. The third-order valence-corrected chi connectivity index (χ3v) is 4.19. The van der Waals surface area contributed by atoms with Gasteiger partial charge < -0.3 is 10.2 Å². The van der Waals surface area contributed by atoms with Gasteiger partial charge in [0.2, 0.25) is 5.28 Å². The van der Waals surface area contributed by atoms with E-state index in [9.17, 15) is 9.18 Å². The number of carbonyl (C=O) groups is 1. The molecule has 1 aromatic heterocycles. The summed E-state index contributed by atoms with van der Waals surface area (Å²) in [6.45, 7) is 3.28. The summed E-state index contributed by atoms with van der Waals surface area (Å²) in [5, 5.41) is 3.28. The molecule has 0 saturated heterocycles. The largest absolute Gasteiger partial charge is 0.339 e. The number of fused-ring (bicyclic) bond motifs is 1. The maximum absolute atomic E-state index is 12.7. The minimum absolute atomic E-state index is 0.0898. The van der Waals surface area contributed by atoms with Gasteiger partial charge in [-0.25, -0.2) is 14.4 Å². The van der Waals surface area contributed by atoms with Crippen molar-refractivity contribution >= 4 is 29.0 Å². The Hall–Kier alpha value is -2.21. The van der Waals surface area contributed by atoms with Crippen LogP contribution in [-0.2, 0) is 0 Å². The molecule has 0 saturated carbocycles. The molecule has 0 radical (unpaired) electrons. The third-order valence-electron chi connectivity index (χ3n) is 4.01. The third kappa shape index (κ3) is 2.74. The molecule has 7 heteroatoms. The fourth-order valence-corrected chi connectivity index (χ4v) is 2.94. The van der Waals surface area contributed by atoms with Crippen LogP contribution in [0.25, 0.3) is 0 Å². The lowest BCUT2D eigenvalue weighted by molar-refractivity contribution is 0.0725. The number of aromatic nitrogens is 2. The normalized spacial score (nSPS) is 16.6. The van der Waals surface area contributed by atoms with Crippen molar-refractivity contribution < 1.29 is 9.18 Å². The number of carbonyl (C=O) groups excluding carboxylic acids is 1. The highest BCUT2D eigenvalue weighted by Gasteiger charge is 2.35. The van der Waals surface area contributed by atoms with Gasteiger partial charge in [-0.3, -0.25) is 4.79 Å². The Morgan fingerprint density at radius 1 is 1.43 bits per heavy atom. The Labute approximate surface area is 138 Å². The molecule has 1 unspecified atom stereocenters. The van der Waals surface area contributed by atoms with E-state index >= 15 is 0 Å². The summed E-state index contributed by atoms with van der Waals surface area (Å²) in [5.41, 5.74) is 2.89. The van der Waals surface area contributed by atoms with Crippen molar-refractivity contribution in [1.82, 2.24) is 14.9 Å². The van der Waals surface area contributed by atoms with Crippen LogP contribution in [0.2, 0.25) is 5.28 Å². The van der Waals surface area contributed by atoms with Crippen molar-refractivity contribution in [2.45, 2.75) is 19.9 Å². The summed E-state index contributed by atoms with van der Waals surface area (Å²) in [6, 6.07) is 5.41. The lowest BCUT2D eigenvalue weighted by Crippen LogP contribution is -2.28. The van der Waals surface area contributed by atoms with E-state index in [-0.39, 0.29) is 23.8 Å². The highest BCUT2D eigenvalue weighted by Crippen LogP contribution is 2.38. The molecule has 5 nitrogen and oxygen atoms in total. The number of benzene rings is 1. The molecule has 0 bridgehead atoms. The highest BCUT2D eigenvalue weighted by molar-refractivity contribution is 6.28. The number of aryl methyl sites for hydroxylation is 1. The van der Waals surface area contributed by atoms with Gasteiger partial charge in [0, 0.05) is 18.3 Å². The van der Waals surface area contributed by atoms with Crippen molar-refractivity contribution in [3.63, 3.8) is 0 Å². The van der Waals surface area contributed by atoms with Crippen LogP contribution in [0.4, 0.5) is 15.9 Å². The van der Waals surface area contributed by atoms with Gasteiger partial charge in [0.15, 0.2) is 0 Å². The molecule has 1 aliphatic heterocycles. The van der Waals surface area contributed by atoms with Crippen LogP contribution < -0.4 is 5.32 Å². The average Bonchev–Trinajstić information content (AvgIpc) is 2.77. The van der Waals surface area contributed by atoms with Crippen LogP contribution in [-0.4, -0.2) is 34.0 Å². The van der Waals surface area contributed by atoms with E-state index in [1.54, 1.807) is 12.3 Å². The van der Waals surface area contributed by atoms with Gasteiger partial charge in [-0.15, -0.1) is 0 Å². The van der Waals surface area contributed by atoms with Gasteiger partial charge in [-0.1, -0.05) is 12.1 Å². The van der Waals surface area contributed by atoms with Crippen LogP contribution in [0.5, 0.6) is 0 Å². The SMILES string of the molecule is Cc1cnc(Cl)nc1Nc1cccc2c1C(=O)N(CCF)C2C. The quantitative estimate of drug-likeness (QED) is 0.867. The van der Waals surface area contributed by atoms with Crippen LogP contribution in [0.15, 0.2) is 24.4 Å². The monoisotopic (exact) mass is 334 g/mol. The first kappa shape index (κ1) is 15.7. The topological polar surface area (TPSA) is 58.1 Å². The second kappa shape index (κ2) is 6.12. The van der Waals surface area contributed by atoms with Crippen LogP contribution in [0.3, 0.4) is 0 Å². The van der Waals surface area contributed by atoms with Gasteiger partial charge in [-0.2, -0.15) is 0 Å². The first-order valence-corrected chi connectivity index (χ1v) is 7.66. The predicted octanol–water partition coefficient (Wildman–Crippen LogP) is 3.67. The minimum atomic E-state index is -0.562. The Kier molecular flexibility index (Phi) is 4.17. The number of amides is 1. The number of hydrogen-bond donors (Lipinski definition) is 1. The smallest absolute Gasteiger partial charge is 0.256 e. The van der Waals surface area contributed by atoms with E-state index in [1.165, 1.54) is 4.90 Å². The molecule has 0 fully saturated rings. The van der Waals surface area contributed by atoms with Crippen LogP contribution in [0.1, 0.15) is 34.5 Å². The van der Waals surface area contributed by atoms with Gasteiger partial charge in [0.05, 0.1) is 17.3 Å². The average molecular weight is 335 g/mol. The molecule has 1 aromatic carbocycles. The van der Waals surface area contributed by atoms with E-state index in [0.29, 0.717) is 17.1 Å². The maximum Gasteiger partial charge on any atom is 0.256 e. The number of rotatable bonds is 4. The molecule has 120 valence electrons. The molecule has 0 aliphatic carbocycles. The minimum Gasteiger partial charge on any atom is -0.339 e. The van der Waals surface area contributed by atoms with Gasteiger partial charge in [0.25, 0.3) is 5.91 Å². The van der Waals surface area contributed by atoms with Crippen molar-refractivity contribution in [3.05, 3.63) is 46.4 Å². The Morgan fingerprint density at radius 3 is 2.96 bits per heavy atom. The summed E-state index contributed by atoms with van der Waals surface area (Å²) in [4.78, 5) is 22.2. The van der Waals surface area contributed by atoms with E-state index in [0.717, 1.165) is 11.1 Å². The number of halogens is 2. The molecular weight excluding hydrogens is 319 g/mol. The van der Waals surface area contributed by atoms with Crippen LogP contribution in [0, 0.1) is 6.92 Å². The molecule has 1 aliphatic rings. The molecule has 23 heavy (non-hydrogen) atoms. The zero-order valence-corrected chi connectivity index (χ0v) is 13.6. The van der Waals surface area contributed by atoms with Crippen molar-refractivity contribution in [2.75, 3.05) is 18.5 Å². The maximum atomic E-state index is 12.7. The van der Waals surface area contributed by atoms with Crippen molar-refractivity contribution in [1.29, 1.82) is 0 Å². The number of hydrogen-bond acceptors (Lipinski definition) is 4. The summed E-state index contributed by atoms with van der Waals surface area (Å²) in [5.74, 6) is 0.369. The van der Waals surface area contributed by atoms with Gasteiger partial charge in [0.1, 0.15) is 12.5 Å². The zero-order valence-electron chi connectivity index (χ0n) is 12.8. The first-order valence-electron chi connectivity index (χ1n) is 7.29. The summed E-state index contributed by atoms with van der Waals surface area (Å²) in [6.07, 6.45) is 1.61. The summed E-state index contributed by atoms with van der Waals surface area (Å²) in [7, 11) is 0. The molecule has 3 rings (SSSR count). The van der Waals surface area contributed by atoms with Gasteiger partial charge >= 0.3 is 0 Å². The number of anilines is 2. The van der Waals surface area contributed by atoms with Gasteiger partial charge in [-0.05, 0) is 37.1 Å². The Balaban J connectivity index is 2.01. The Morgan fingerprint density at radius 2 is 2.22 bits per heavy atom. The summed E-state index contributed by atoms with van der Waals surface area (Å²) >= 11 is 5.84. The highest BCUT2D eigenvalue weighted by atomic mass is 35.5. The van der Waals surface area contributed by atoms with Crippen LogP contribution >= 0.6 is 11.6 Å².